The lowest BCUT2D eigenvalue weighted by Gasteiger charge is -2.15. The van der Waals surface area contributed by atoms with Crippen molar-refractivity contribution in [1.29, 1.82) is 0 Å². The number of nitrogens with one attached hydrogen (secondary N) is 1. The molecule has 6 nitrogen and oxygen atoms in total. The van der Waals surface area contributed by atoms with Crippen molar-refractivity contribution in [2.24, 2.45) is 12.8 Å². The molecular weight excluding hydrogens is 196 g/mol. The van der Waals surface area contributed by atoms with Crippen molar-refractivity contribution < 1.29 is 9.53 Å². The second kappa shape index (κ2) is 5.47. The molecule has 0 aliphatic carbocycles. The molecule has 1 amide bonds. The number of methoxy groups -OCH3 is 1. The number of carbonyl (C=O) groups is 1. The summed E-state index contributed by atoms with van der Waals surface area (Å²) < 4.78 is 6.57. The molecule has 3 N–H and O–H groups in total. The highest BCUT2D eigenvalue weighted by Crippen LogP contribution is 1.96. The Morgan fingerprint density at radius 1 is 1.80 bits per heavy atom. The number of amides is 1. The number of aryl methyl sites for hydroxylation is 1. The smallest absolute Gasteiger partial charge is 0.269 e. The fourth-order valence-electron chi connectivity index (χ4n) is 1.21. The highest BCUT2D eigenvalue weighted by Gasteiger charge is 2.14. The summed E-state index contributed by atoms with van der Waals surface area (Å²) in [6.45, 7) is 0.748. The van der Waals surface area contributed by atoms with Gasteiger partial charge in [0.1, 0.15) is 5.69 Å². The van der Waals surface area contributed by atoms with Gasteiger partial charge in [0.25, 0.3) is 5.91 Å². The van der Waals surface area contributed by atoms with Gasteiger partial charge in [-0.25, -0.2) is 4.98 Å². The Balaban J connectivity index is 2.58. The Kier molecular flexibility index (Phi) is 4.26. The van der Waals surface area contributed by atoms with Crippen LogP contribution in [-0.4, -0.2) is 41.8 Å². The molecule has 0 spiro atoms. The Morgan fingerprint density at radius 2 is 2.53 bits per heavy atom. The third kappa shape index (κ3) is 3.03. The van der Waals surface area contributed by atoms with Crippen LogP contribution in [0.15, 0.2) is 12.5 Å². The summed E-state index contributed by atoms with van der Waals surface area (Å²) in [7, 11) is 3.33. The first kappa shape index (κ1) is 11.7. The third-order valence-corrected chi connectivity index (χ3v) is 2.04. The van der Waals surface area contributed by atoms with Crippen LogP contribution >= 0.6 is 0 Å². The lowest BCUT2D eigenvalue weighted by atomic mass is 10.3. The molecule has 0 radical (unpaired) electrons. The first-order valence-corrected chi connectivity index (χ1v) is 4.65. The first-order chi connectivity index (χ1) is 7.19. The van der Waals surface area contributed by atoms with E-state index in [1.54, 1.807) is 25.1 Å². The van der Waals surface area contributed by atoms with E-state index in [0.717, 1.165) is 0 Å². The lowest BCUT2D eigenvalue weighted by Crippen LogP contribution is -2.43. The van der Waals surface area contributed by atoms with Gasteiger partial charge in [-0.15, -0.1) is 0 Å². The minimum Gasteiger partial charge on any atom is -0.383 e. The van der Waals surface area contributed by atoms with Crippen molar-refractivity contribution in [2.45, 2.75) is 6.04 Å². The summed E-state index contributed by atoms with van der Waals surface area (Å²) in [5.41, 5.74) is 5.99. The number of nitrogens with two attached hydrogens (primary N) is 1. The molecule has 15 heavy (non-hydrogen) atoms. The molecular formula is C9H16N4O2. The monoisotopic (exact) mass is 212 g/mol. The second-order valence-corrected chi connectivity index (χ2v) is 3.25. The number of ether oxygens (including phenoxy) is 1. The molecule has 1 rings (SSSR count). The van der Waals surface area contributed by atoms with Gasteiger partial charge in [0.2, 0.25) is 0 Å². The number of hydrogen-bond acceptors (Lipinski definition) is 4. The van der Waals surface area contributed by atoms with E-state index in [0.29, 0.717) is 18.8 Å². The van der Waals surface area contributed by atoms with Crippen LogP contribution in [0.5, 0.6) is 0 Å². The topological polar surface area (TPSA) is 82.2 Å². The minimum absolute atomic E-state index is 0.169. The summed E-state index contributed by atoms with van der Waals surface area (Å²) >= 11 is 0. The summed E-state index contributed by atoms with van der Waals surface area (Å²) in [6.07, 6.45) is 3.08. The molecule has 0 bridgehead atoms. The fourth-order valence-corrected chi connectivity index (χ4v) is 1.21. The van der Waals surface area contributed by atoms with E-state index in [4.69, 9.17) is 10.5 Å². The van der Waals surface area contributed by atoms with Crippen LogP contribution in [0.2, 0.25) is 0 Å². The van der Waals surface area contributed by atoms with Crippen LogP contribution in [0.4, 0.5) is 0 Å². The molecule has 1 heterocycles. The zero-order chi connectivity index (χ0) is 11.3. The number of hydrogen-bond donors (Lipinski definition) is 2. The minimum atomic E-state index is -0.192. The normalized spacial score (nSPS) is 12.5. The van der Waals surface area contributed by atoms with Crippen molar-refractivity contribution >= 4 is 5.91 Å². The van der Waals surface area contributed by atoms with Gasteiger partial charge >= 0.3 is 0 Å². The maximum absolute atomic E-state index is 11.7. The van der Waals surface area contributed by atoms with E-state index in [9.17, 15) is 4.79 Å². The van der Waals surface area contributed by atoms with Crippen LogP contribution in [0.3, 0.4) is 0 Å². The van der Waals surface area contributed by atoms with E-state index in [2.05, 4.69) is 10.3 Å². The number of carbonyl (C=O) groups excluding carboxylic acids is 1. The highest BCUT2D eigenvalue weighted by molar-refractivity contribution is 5.92. The summed E-state index contributed by atoms with van der Waals surface area (Å²) in [5, 5.41) is 2.76. The summed E-state index contributed by atoms with van der Waals surface area (Å²) in [6, 6.07) is -0.169. The molecule has 0 aliphatic rings. The van der Waals surface area contributed by atoms with Crippen molar-refractivity contribution in [3.8, 4) is 0 Å². The Morgan fingerprint density at radius 3 is 3.00 bits per heavy atom. The van der Waals surface area contributed by atoms with E-state index in [1.807, 2.05) is 0 Å². The maximum Gasteiger partial charge on any atom is 0.269 e. The lowest BCUT2D eigenvalue weighted by molar-refractivity contribution is 0.0892. The van der Waals surface area contributed by atoms with Gasteiger partial charge in [-0.05, 0) is 0 Å². The molecule has 1 aromatic heterocycles. The molecule has 0 aromatic carbocycles. The average molecular weight is 212 g/mol. The molecule has 0 aliphatic heterocycles. The average Bonchev–Trinajstić information content (AvgIpc) is 2.63. The van der Waals surface area contributed by atoms with Crippen molar-refractivity contribution in [1.82, 2.24) is 14.9 Å². The van der Waals surface area contributed by atoms with E-state index in [-0.39, 0.29) is 11.9 Å². The summed E-state index contributed by atoms with van der Waals surface area (Å²) in [4.78, 5) is 15.5. The van der Waals surface area contributed by atoms with Gasteiger partial charge in [-0.1, -0.05) is 0 Å². The number of imidazole rings is 1. The SMILES string of the molecule is COCC(CN)NC(=O)c1cncn1C. The quantitative estimate of drug-likeness (QED) is 0.664. The number of rotatable bonds is 5. The Hall–Kier alpha value is -1.40. The van der Waals surface area contributed by atoms with Gasteiger partial charge in [-0.3, -0.25) is 4.79 Å². The van der Waals surface area contributed by atoms with Gasteiger partial charge < -0.3 is 20.4 Å². The van der Waals surface area contributed by atoms with Crippen LogP contribution in [-0.2, 0) is 11.8 Å². The van der Waals surface area contributed by atoms with E-state index < -0.39 is 0 Å². The predicted molar refractivity (Wildman–Crippen MR) is 55.4 cm³/mol. The van der Waals surface area contributed by atoms with Crippen molar-refractivity contribution in [2.75, 3.05) is 20.3 Å². The zero-order valence-electron chi connectivity index (χ0n) is 8.93. The molecule has 1 aromatic rings. The molecule has 0 saturated heterocycles. The molecule has 6 heteroatoms. The maximum atomic E-state index is 11.7. The first-order valence-electron chi connectivity index (χ1n) is 4.65. The third-order valence-electron chi connectivity index (χ3n) is 2.04. The van der Waals surface area contributed by atoms with Crippen LogP contribution in [0.25, 0.3) is 0 Å². The predicted octanol–water partition coefficient (Wildman–Crippen LogP) is -0.876. The van der Waals surface area contributed by atoms with Gasteiger partial charge in [0, 0.05) is 20.7 Å². The zero-order valence-corrected chi connectivity index (χ0v) is 8.93. The highest BCUT2D eigenvalue weighted by atomic mass is 16.5. The largest absolute Gasteiger partial charge is 0.383 e. The Labute approximate surface area is 88.4 Å². The Bertz CT molecular complexity index is 324. The molecule has 0 fully saturated rings. The van der Waals surface area contributed by atoms with Crippen LogP contribution < -0.4 is 11.1 Å². The van der Waals surface area contributed by atoms with E-state index in [1.165, 1.54) is 6.20 Å². The van der Waals surface area contributed by atoms with Gasteiger partial charge in [0.05, 0.1) is 25.2 Å². The second-order valence-electron chi connectivity index (χ2n) is 3.25. The van der Waals surface area contributed by atoms with Crippen molar-refractivity contribution in [3.05, 3.63) is 18.2 Å². The number of nitrogens with zero attached hydrogens (tertiary/aromatic N) is 2. The van der Waals surface area contributed by atoms with Crippen LogP contribution in [0, 0.1) is 0 Å². The van der Waals surface area contributed by atoms with Crippen molar-refractivity contribution in [3.63, 3.8) is 0 Å². The summed E-state index contributed by atoms with van der Waals surface area (Å²) in [5.74, 6) is -0.192. The van der Waals surface area contributed by atoms with Gasteiger partial charge in [-0.2, -0.15) is 0 Å². The molecule has 84 valence electrons. The fraction of sp³-hybridized carbons (Fsp3) is 0.556. The van der Waals surface area contributed by atoms with E-state index >= 15 is 0 Å². The molecule has 1 atom stereocenters. The standard InChI is InChI=1S/C9H16N4O2/c1-13-6-11-4-8(13)9(14)12-7(3-10)5-15-2/h4,6-7H,3,5,10H2,1-2H3,(H,12,14). The molecule has 1 unspecified atom stereocenters. The van der Waals surface area contributed by atoms with Gasteiger partial charge in [0.15, 0.2) is 0 Å². The number of aromatic nitrogens is 2. The molecule has 0 saturated carbocycles. The van der Waals surface area contributed by atoms with Crippen LogP contribution in [0.1, 0.15) is 10.5 Å².